The molecule has 0 aromatic heterocycles. The van der Waals surface area contributed by atoms with Gasteiger partial charge in [0.15, 0.2) is 0 Å². The first-order valence-corrected chi connectivity index (χ1v) is 3.02. The molecule has 2 N–H and O–H groups in total. The SMILES string of the molecule is CCCN.CCOC. The van der Waals surface area contributed by atoms with Gasteiger partial charge in [-0.3, -0.25) is 0 Å². The molecule has 0 aromatic rings. The maximum atomic E-state index is 5.03. The molecule has 0 heterocycles. The van der Waals surface area contributed by atoms with Crippen molar-refractivity contribution in [2.75, 3.05) is 20.3 Å². The topological polar surface area (TPSA) is 35.2 Å². The van der Waals surface area contributed by atoms with E-state index in [4.69, 9.17) is 5.73 Å². The molecule has 0 saturated carbocycles. The van der Waals surface area contributed by atoms with Crippen molar-refractivity contribution in [2.24, 2.45) is 5.73 Å². The molecule has 0 fully saturated rings. The van der Waals surface area contributed by atoms with E-state index in [0.717, 1.165) is 19.6 Å². The summed E-state index contributed by atoms with van der Waals surface area (Å²) in [5, 5.41) is 0. The van der Waals surface area contributed by atoms with Crippen molar-refractivity contribution >= 4 is 0 Å². The lowest BCUT2D eigenvalue weighted by Gasteiger charge is -1.76. The molecule has 0 spiro atoms. The minimum absolute atomic E-state index is 0.819. The van der Waals surface area contributed by atoms with Gasteiger partial charge in [-0.15, -0.1) is 0 Å². The second-order valence-electron chi connectivity index (χ2n) is 1.37. The average Bonchev–Trinajstić information content (AvgIpc) is 1.88. The van der Waals surface area contributed by atoms with Crippen molar-refractivity contribution in [1.82, 2.24) is 0 Å². The molecule has 0 atom stereocenters. The predicted molar refractivity (Wildman–Crippen MR) is 36.9 cm³/mol. The Kier molecular flexibility index (Phi) is 21.3. The summed E-state index contributed by atoms with van der Waals surface area (Å²) in [6.45, 7) is 5.65. The number of hydrogen-bond acceptors (Lipinski definition) is 2. The molecule has 0 unspecified atom stereocenters. The third-order valence-corrected chi connectivity index (χ3v) is 0.577. The molecule has 0 saturated heterocycles. The van der Waals surface area contributed by atoms with Crippen LogP contribution in [0.3, 0.4) is 0 Å². The van der Waals surface area contributed by atoms with Crippen LogP contribution in [0, 0.1) is 0 Å². The summed E-state index contributed by atoms with van der Waals surface area (Å²) in [6, 6.07) is 0. The lowest BCUT2D eigenvalue weighted by Crippen LogP contribution is -1.93. The third-order valence-electron chi connectivity index (χ3n) is 0.577. The maximum absolute atomic E-state index is 5.03. The van der Waals surface area contributed by atoms with Crippen LogP contribution in [0.15, 0.2) is 0 Å². The zero-order valence-electron chi connectivity index (χ0n) is 6.11. The van der Waals surface area contributed by atoms with Gasteiger partial charge in [0.05, 0.1) is 0 Å². The van der Waals surface area contributed by atoms with Crippen molar-refractivity contribution in [3.63, 3.8) is 0 Å². The average molecular weight is 119 g/mol. The molecule has 0 rings (SSSR count). The van der Waals surface area contributed by atoms with Crippen molar-refractivity contribution in [3.05, 3.63) is 0 Å². The molecule has 0 aromatic carbocycles. The van der Waals surface area contributed by atoms with Crippen molar-refractivity contribution in [3.8, 4) is 0 Å². The quantitative estimate of drug-likeness (QED) is 0.588. The highest BCUT2D eigenvalue weighted by atomic mass is 16.5. The van der Waals surface area contributed by atoms with Crippen molar-refractivity contribution < 1.29 is 4.74 Å². The smallest absolute Gasteiger partial charge is 0.0433 e. The largest absolute Gasteiger partial charge is 0.385 e. The van der Waals surface area contributed by atoms with E-state index >= 15 is 0 Å². The van der Waals surface area contributed by atoms with Gasteiger partial charge in [0.1, 0.15) is 0 Å². The van der Waals surface area contributed by atoms with Crippen LogP contribution in [0.25, 0.3) is 0 Å². The Labute approximate surface area is 52.0 Å². The van der Waals surface area contributed by atoms with Crippen LogP contribution in [0.4, 0.5) is 0 Å². The Morgan fingerprint density at radius 2 is 1.62 bits per heavy atom. The van der Waals surface area contributed by atoms with Gasteiger partial charge >= 0.3 is 0 Å². The monoisotopic (exact) mass is 119 g/mol. The number of hydrogen-bond donors (Lipinski definition) is 1. The highest BCUT2D eigenvalue weighted by molar-refractivity contribution is 4.19. The van der Waals surface area contributed by atoms with E-state index in [1.54, 1.807) is 7.11 Å². The summed E-state index contributed by atoms with van der Waals surface area (Å²) in [7, 11) is 1.68. The minimum atomic E-state index is 0.819. The zero-order valence-corrected chi connectivity index (χ0v) is 6.11. The normalized spacial score (nSPS) is 7.50. The first-order valence-electron chi connectivity index (χ1n) is 3.02. The van der Waals surface area contributed by atoms with E-state index in [-0.39, 0.29) is 0 Å². The van der Waals surface area contributed by atoms with Gasteiger partial charge in [0.25, 0.3) is 0 Å². The molecule has 2 heteroatoms. The zero-order chi connectivity index (χ0) is 6.83. The van der Waals surface area contributed by atoms with Gasteiger partial charge < -0.3 is 10.5 Å². The third kappa shape index (κ3) is 38.9. The number of ether oxygens (including phenoxy) is 1. The highest BCUT2D eigenvalue weighted by Crippen LogP contribution is 1.57. The molecule has 0 aliphatic carbocycles. The summed E-state index contributed by atoms with van der Waals surface area (Å²) >= 11 is 0. The van der Waals surface area contributed by atoms with E-state index in [1.165, 1.54) is 0 Å². The standard InChI is InChI=1S/C3H9N.C3H8O/c1-2-3-4;1-3-4-2/h2-4H2,1H3;3H2,1-2H3. The maximum Gasteiger partial charge on any atom is 0.0433 e. The first kappa shape index (κ1) is 10.8. The van der Waals surface area contributed by atoms with Gasteiger partial charge in [0, 0.05) is 13.7 Å². The van der Waals surface area contributed by atoms with Crippen LogP contribution >= 0.6 is 0 Å². The predicted octanol–water partition coefficient (Wildman–Crippen LogP) is 1.01. The molecular formula is C6H17NO. The summed E-state index contributed by atoms with van der Waals surface area (Å²) in [5.74, 6) is 0. The summed E-state index contributed by atoms with van der Waals surface area (Å²) in [6.07, 6.45) is 1.10. The van der Waals surface area contributed by atoms with Gasteiger partial charge in [-0.25, -0.2) is 0 Å². The van der Waals surface area contributed by atoms with Crippen LogP contribution in [0.1, 0.15) is 20.3 Å². The summed E-state index contributed by atoms with van der Waals surface area (Å²) in [5.41, 5.74) is 5.03. The molecule has 0 radical (unpaired) electrons. The minimum Gasteiger partial charge on any atom is -0.385 e. The fourth-order valence-electron chi connectivity index (χ4n) is 0. The first-order chi connectivity index (χ1) is 3.83. The molecule has 2 nitrogen and oxygen atoms in total. The Morgan fingerprint density at radius 3 is 1.62 bits per heavy atom. The van der Waals surface area contributed by atoms with Crippen LogP contribution in [0.2, 0.25) is 0 Å². The Morgan fingerprint density at radius 1 is 1.38 bits per heavy atom. The van der Waals surface area contributed by atoms with E-state index < -0.39 is 0 Å². The van der Waals surface area contributed by atoms with Gasteiger partial charge in [-0.2, -0.15) is 0 Å². The van der Waals surface area contributed by atoms with Gasteiger partial charge in [-0.05, 0) is 19.9 Å². The lowest BCUT2D eigenvalue weighted by molar-refractivity contribution is 0.215. The van der Waals surface area contributed by atoms with Crippen molar-refractivity contribution in [2.45, 2.75) is 20.3 Å². The van der Waals surface area contributed by atoms with E-state index in [1.807, 2.05) is 6.92 Å². The fourth-order valence-corrected chi connectivity index (χ4v) is 0. The van der Waals surface area contributed by atoms with E-state index in [2.05, 4.69) is 11.7 Å². The van der Waals surface area contributed by atoms with Crippen molar-refractivity contribution in [1.29, 1.82) is 0 Å². The second kappa shape index (κ2) is 15.8. The molecule has 0 aliphatic rings. The molecule has 52 valence electrons. The molecule has 0 aliphatic heterocycles. The Bertz CT molecular complexity index is 16.5. The van der Waals surface area contributed by atoms with Gasteiger partial charge in [-0.1, -0.05) is 6.92 Å². The van der Waals surface area contributed by atoms with Crippen LogP contribution in [0.5, 0.6) is 0 Å². The van der Waals surface area contributed by atoms with Crippen LogP contribution in [-0.4, -0.2) is 20.3 Å². The Balaban J connectivity index is 0. The van der Waals surface area contributed by atoms with E-state index in [9.17, 15) is 0 Å². The number of nitrogens with two attached hydrogens (primary N) is 1. The second-order valence-corrected chi connectivity index (χ2v) is 1.37. The summed E-state index contributed by atoms with van der Waals surface area (Å²) in [4.78, 5) is 0. The fraction of sp³-hybridized carbons (Fsp3) is 1.00. The molecule has 8 heavy (non-hydrogen) atoms. The number of methoxy groups -OCH3 is 1. The molecule has 0 bridgehead atoms. The number of rotatable bonds is 2. The van der Waals surface area contributed by atoms with Crippen LogP contribution < -0.4 is 5.73 Å². The molecular weight excluding hydrogens is 102 g/mol. The summed E-state index contributed by atoms with van der Waals surface area (Å²) < 4.78 is 4.54. The molecule has 0 amide bonds. The van der Waals surface area contributed by atoms with Crippen LogP contribution in [-0.2, 0) is 4.74 Å². The Hall–Kier alpha value is -0.0800. The van der Waals surface area contributed by atoms with E-state index in [0.29, 0.717) is 0 Å². The van der Waals surface area contributed by atoms with Gasteiger partial charge in [0.2, 0.25) is 0 Å². The highest BCUT2D eigenvalue weighted by Gasteiger charge is 1.55. The lowest BCUT2D eigenvalue weighted by atomic mass is 10.5.